The highest BCUT2D eigenvalue weighted by Gasteiger charge is 2.23. The van der Waals surface area contributed by atoms with Crippen molar-refractivity contribution in [3.8, 4) is 23.1 Å². The molecule has 0 unspecified atom stereocenters. The second kappa shape index (κ2) is 9.16. The standard InChI is InChI=1S/C27H22N2O4S/c1-16-11-12-19-21(13-16)33-25(17-7-3-2-4-8-17)26(24(19)31)32-15-23(30)29-27-20(14-28)18-9-5-6-10-22(18)34-27/h2-4,7-8,11-13H,5-6,9-10,15H2,1H3,(H,29,30). The number of anilines is 1. The summed E-state index contributed by atoms with van der Waals surface area (Å²) in [5, 5.41) is 13.4. The van der Waals surface area contributed by atoms with Gasteiger partial charge in [0.2, 0.25) is 11.2 Å². The van der Waals surface area contributed by atoms with Gasteiger partial charge < -0.3 is 14.5 Å². The fourth-order valence-electron chi connectivity index (χ4n) is 4.27. The normalized spacial score (nSPS) is 12.7. The summed E-state index contributed by atoms with van der Waals surface area (Å²) in [7, 11) is 0. The van der Waals surface area contributed by atoms with Crippen LogP contribution in [0.25, 0.3) is 22.3 Å². The number of nitrogens with one attached hydrogen (secondary N) is 1. The van der Waals surface area contributed by atoms with Crippen LogP contribution in [-0.2, 0) is 17.6 Å². The highest BCUT2D eigenvalue weighted by Crippen LogP contribution is 2.37. The number of carbonyl (C=O) groups is 1. The summed E-state index contributed by atoms with van der Waals surface area (Å²) in [5.41, 5.74) is 3.36. The maximum atomic E-state index is 13.3. The minimum atomic E-state index is -0.433. The lowest BCUT2D eigenvalue weighted by Crippen LogP contribution is -2.22. The molecule has 170 valence electrons. The van der Waals surface area contributed by atoms with Crippen LogP contribution in [0.1, 0.15) is 34.4 Å². The minimum absolute atomic E-state index is 0.0105. The average Bonchev–Trinajstić information content (AvgIpc) is 3.20. The molecule has 2 aromatic heterocycles. The van der Waals surface area contributed by atoms with Crippen LogP contribution >= 0.6 is 11.3 Å². The van der Waals surface area contributed by atoms with Gasteiger partial charge in [0.1, 0.15) is 16.7 Å². The van der Waals surface area contributed by atoms with Gasteiger partial charge in [0.15, 0.2) is 12.4 Å². The Morgan fingerprint density at radius 2 is 1.97 bits per heavy atom. The molecule has 0 fully saturated rings. The zero-order valence-electron chi connectivity index (χ0n) is 18.6. The molecule has 1 aliphatic rings. The summed E-state index contributed by atoms with van der Waals surface area (Å²) in [5.74, 6) is -0.165. The van der Waals surface area contributed by atoms with Gasteiger partial charge in [-0.1, -0.05) is 36.4 Å². The molecule has 0 saturated carbocycles. The van der Waals surface area contributed by atoms with Crippen LogP contribution in [-0.4, -0.2) is 12.5 Å². The first-order chi connectivity index (χ1) is 16.5. The van der Waals surface area contributed by atoms with E-state index in [1.165, 1.54) is 11.3 Å². The molecule has 0 aliphatic heterocycles. The molecule has 34 heavy (non-hydrogen) atoms. The lowest BCUT2D eigenvalue weighted by atomic mass is 9.96. The quantitative estimate of drug-likeness (QED) is 0.410. The summed E-state index contributed by atoms with van der Waals surface area (Å²) in [6, 6.07) is 16.8. The predicted octanol–water partition coefficient (Wildman–Crippen LogP) is 5.60. The lowest BCUT2D eigenvalue weighted by Gasteiger charge is -2.12. The second-order valence-corrected chi connectivity index (χ2v) is 9.42. The molecule has 2 aromatic carbocycles. The largest absolute Gasteiger partial charge is 0.476 e. The average molecular weight is 471 g/mol. The zero-order chi connectivity index (χ0) is 23.7. The monoisotopic (exact) mass is 470 g/mol. The van der Waals surface area contributed by atoms with Gasteiger partial charge in [0, 0.05) is 10.4 Å². The van der Waals surface area contributed by atoms with Gasteiger partial charge in [0.25, 0.3) is 5.91 Å². The number of nitriles is 1. The maximum Gasteiger partial charge on any atom is 0.262 e. The van der Waals surface area contributed by atoms with Crippen LogP contribution in [0.5, 0.6) is 5.75 Å². The Morgan fingerprint density at radius 3 is 2.76 bits per heavy atom. The van der Waals surface area contributed by atoms with E-state index in [2.05, 4.69) is 11.4 Å². The van der Waals surface area contributed by atoms with Crippen molar-refractivity contribution in [1.29, 1.82) is 5.26 Å². The number of nitrogens with zero attached hydrogens (tertiary/aromatic N) is 1. The Morgan fingerprint density at radius 1 is 1.18 bits per heavy atom. The lowest BCUT2D eigenvalue weighted by molar-refractivity contribution is -0.118. The van der Waals surface area contributed by atoms with Crippen LogP contribution in [0, 0.1) is 18.3 Å². The molecule has 4 aromatic rings. The number of aryl methyl sites for hydroxylation is 2. The van der Waals surface area contributed by atoms with E-state index in [-0.39, 0.29) is 23.5 Å². The first-order valence-corrected chi connectivity index (χ1v) is 12.0. The summed E-state index contributed by atoms with van der Waals surface area (Å²) >= 11 is 1.45. The molecule has 1 amide bonds. The number of amides is 1. The van der Waals surface area contributed by atoms with Crippen molar-refractivity contribution in [2.75, 3.05) is 11.9 Å². The molecule has 1 aliphatic carbocycles. The number of hydrogen-bond donors (Lipinski definition) is 1. The molecule has 2 heterocycles. The van der Waals surface area contributed by atoms with Crippen molar-refractivity contribution in [2.45, 2.75) is 32.6 Å². The Kier molecular flexibility index (Phi) is 5.91. The van der Waals surface area contributed by atoms with Crippen LogP contribution in [0.4, 0.5) is 5.00 Å². The van der Waals surface area contributed by atoms with E-state index in [9.17, 15) is 14.9 Å². The molecule has 5 rings (SSSR count). The number of ether oxygens (including phenoxy) is 1. The van der Waals surface area contributed by atoms with Gasteiger partial charge in [-0.05, 0) is 55.9 Å². The van der Waals surface area contributed by atoms with Crippen molar-refractivity contribution in [3.05, 3.63) is 80.3 Å². The van der Waals surface area contributed by atoms with Crippen molar-refractivity contribution < 1.29 is 13.9 Å². The highest BCUT2D eigenvalue weighted by molar-refractivity contribution is 7.16. The van der Waals surface area contributed by atoms with Gasteiger partial charge in [-0.15, -0.1) is 11.3 Å². The van der Waals surface area contributed by atoms with E-state index < -0.39 is 5.91 Å². The minimum Gasteiger partial charge on any atom is -0.476 e. The summed E-state index contributed by atoms with van der Waals surface area (Å²) in [4.78, 5) is 27.2. The molecular formula is C27H22N2O4S. The predicted molar refractivity (Wildman–Crippen MR) is 132 cm³/mol. The number of hydrogen-bond acceptors (Lipinski definition) is 6. The molecule has 0 radical (unpaired) electrons. The van der Waals surface area contributed by atoms with Gasteiger partial charge >= 0.3 is 0 Å². The van der Waals surface area contributed by atoms with E-state index in [1.807, 2.05) is 49.4 Å². The first kappa shape index (κ1) is 21.9. The van der Waals surface area contributed by atoms with Crippen molar-refractivity contribution >= 4 is 33.2 Å². The molecule has 0 spiro atoms. The van der Waals surface area contributed by atoms with Crippen molar-refractivity contribution in [3.63, 3.8) is 0 Å². The van der Waals surface area contributed by atoms with E-state index in [4.69, 9.17) is 9.15 Å². The number of benzene rings is 2. The Hall–Kier alpha value is -3.89. The van der Waals surface area contributed by atoms with E-state index in [0.29, 0.717) is 27.1 Å². The molecular weight excluding hydrogens is 448 g/mol. The zero-order valence-corrected chi connectivity index (χ0v) is 19.5. The Bertz CT molecular complexity index is 1500. The fourth-order valence-corrected chi connectivity index (χ4v) is 5.52. The molecule has 6 nitrogen and oxygen atoms in total. The second-order valence-electron chi connectivity index (χ2n) is 8.32. The molecule has 7 heteroatoms. The number of thiophene rings is 1. The Balaban J connectivity index is 1.45. The SMILES string of the molecule is Cc1ccc2c(=O)c(OCC(=O)Nc3sc4c(c3C#N)CCCC4)c(-c3ccccc3)oc2c1. The number of rotatable bonds is 5. The fraction of sp³-hybridized carbons (Fsp3) is 0.222. The third kappa shape index (κ3) is 4.09. The van der Waals surface area contributed by atoms with Gasteiger partial charge in [-0.3, -0.25) is 9.59 Å². The highest BCUT2D eigenvalue weighted by atomic mass is 32.1. The number of fused-ring (bicyclic) bond motifs is 2. The van der Waals surface area contributed by atoms with Crippen LogP contribution < -0.4 is 15.5 Å². The van der Waals surface area contributed by atoms with Crippen molar-refractivity contribution in [2.24, 2.45) is 0 Å². The van der Waals surface area contributed by atoms with Crippen LogP contribution in [0.15, 0.2) is 57.7 Å². The summed E-state index contributed by atoms with van der Waals surface area (Å²) < 4.78 is 11.9. The molecule has 0 bridgehead atoms. The van der Waals surface area contributed by atoms with E-state index in [0.717, 1.165) is 41.7 Å². The van der Waals surface area contributed by atoms with Gasteiger partial charge in [-0.25, -0.2) is 0 Å². The smallest absolute Gasteiger partial charge is 0.262 e. The van der Waals surface area contributed by atoms with E-state index >= 15 is 0 Å². The molecule has 0 atom stereocenters. The third-order valence-electron chi connectivity index (χ3n) is 5.93. The topological polar surface area (TPSA) is 92.3 Å². The molecule has 0 saturated heterocycles. The summed E-state index contributed by atoms with van der Waals surface area (Å²) in [6.45, 7) is 1.55. The first-order valence-electron chi connectivity index (χ1n) is 11.2. The Labute approximate surface area is 200 Å². The van der Waals surface area contributed by atoms with Gasteiger partial charge in [-0.2, -0.15) is 5.26 Å². The summed E-state index contributed by atoms with van der Waals surface area (Å²) in [6.07, 6.45) is 3.93. The van der Waals surface area contributed by atoms with E-state index in [1.54, 1.807) is 6.07 Å². The third-order valence-corrected chi connectivity index (χ3v) is 7.13. The number of carbonyl (C=O) groups excluding carboxylic acids is 1. The van der Waals surface area contributed by atoms with Crippen LogP contribution in [0.3, 0.4) is 0 Å². The van der Waals surface area contributed by atoms with Crippen LogP contribution in [0.2, 0.25) is 0 Å². The van der Waals surface area contributed by atoms with Crippen molar-refractivity contribution in [1.82, 2.24) is 0 Å². The molecule has 1 N–H and O–H groups in total. The maximum absolute atomic E-state index is 13.3. The van der Waals surface area contributed by atoms with Gasteiger partial charge in [0.05, 0.1) is 10.9 Å².